The predicted molar refractivity (Wildman–Crippen MR) is 88.8 cm³/mol. The average molecular weight is 346 g/mol. The van der Waals surface area contributed by atoms with Gasteiger partial charge in [0, 0.05) is 0 Å². The number of hydrogen-bond donors (Lipinski definition) is 1. The van der Waals surface area contributed by atoms with Crippen LogP contribution in [0.15, 0.2) is 53.3 Å². The number of halogens is 2. The van der Waals surface area contributed by atoms with Crippen molar-refractivity contribution >= 4 is 10.9 Å². The number of benzene rings is 2. The van der Waals surface area contributed by atoms with Crippen molar-refractivity contribution in [2.24, 2.45) is 0 Å². The molecule has 0 aliphatic heterocycles. The number of aromatic nitrogens is 2. The molecule has 0 spiro atoms. The highest BCUT2D eigenvalue weighted by atomic mass is 19.3. The molecule has 0 radical (unpaired) electrons. The monoisotopic (exact) mass is 346 g/mol. The Kier molecular flexibility index (Phi) is 4.76. The maximum Gasteiger partial charge on any atom is 0.387 e. The van der Waals surface area contributed by atoms with Crippen LogP contribution in [-0.2, 0) is 6.54 Å². The number of aliphatic hydroxyl groups excluding tert-OH is 1. The van der Waals surface area contributed by atoms with Crippen molar-refractivity contribution in [2.75, 3.05) is 0 Å². The molecule has 5 nitrogen and oxygen atoms in total. The molecule has 1 aromatic heterocycles. The Morgan fingerprint density at radius 2 is 1.84 bits per heavy atom. The van der Waals surface area contributed by atoms with Crippen LogP contribution in [0, 0.1) is 6.92 Å². The quantitative estimate of drug-likeness (QED) is 0.771. The van der Waals surface area contributed by atoms with Crippen molar-refractivity contribution in [2.45, 2.75) is 26.2 Å². The Morgan fingerprint density at radius 3 is 2.52 bits per heavy atom. The van der Waals surface area contributed by atoms with Gasteiger partial charge in [-0.25, -0.2) is 4.98 Å². The third kappa shape index (κ3) is 3.66. The van der Waals surface area contributed by atoms with E-state index in [2.05, 4.69) is 9.72 Å². The van der Waals surface area contributed by atoms with E-state index in [4.69, 9.17) is 0 Å². The van der Waals surface area contributed by atoms with E-state index in [1.165, 1.54) is 28.8 Å². The Labute approximate surface area is 142 Å². The summed E-state index contributed by atoms with van der Waals surface area (Å²) < 4.78 is 30.0. The molecular weight excluding hydrogens is 330 g/mol. The van der Waals surface area contributed by atoms with Crippen LogP contribution < -0.4 is 10.3 Å². The summed E-state index contributed by atoms with van der Waals surface area (Å²) in [6.07, 6.45) is -0.986. The Morgan fingerprint density at radius 1 is 1.16 bits per heavy atom. The van der Waals surface area contributed by atoms with Gasteiger partial charge in [0.25, 0.3) is 5.56 Å². The summed E-state index contributed by atoms with van der Waals surface area (Å²) in [6, 6.07) is 12.7. The lowest BCUT2D eigenvalue weighted by Gasteiger charge is -2.16. The predicted octanol–water partition coefficient (Wildman–Crippen LogP) is 3.04. The van der Waals surface area contributed by atoms with Crippen LogP contribution in [0.2, 0.25) is 0 Å². The van der Waals surface area contributed by atoms with Gasteiger partial charge in [-0.05, 0) is 36.8 Å². The first-order valence-corrected chi connectivity index (χ1v) is 7.64. The molecule has 0 saturated carbocycles. The summed E-state index contributed by atoms with van der Waals surface area (Å²) in [5.41, 5.74) is 0.852. The minimum absolute atomic E-state index is 0.00618. The fourth-order valence-corrected chi connectivity index (χ4v) is 2.64. The molecule has 1 N–H and O–H groups in total. The van der Waals surface area contributed by atoms with Crippen LogP contribution in [0.3, 0.4) is 0 Å². The molecule has 25 heavy (non-hydrogen) atoms. The molecule has 0 amide bonds. The molecule has 0 saturated heterocycles. The zero-order valence-electron chi connectivity index (χ0n) is 13.4. The third-order valence-corrected chi connectivity index (χ3v) is 3.90. The molecule has 2 aromatic carbocycles. The number of hydrogen-bond acceptors (Lipinski definition) is 4. The second-order valence-corrected chi connectivity index (χ2v) is 5.56. The first-order chi connectivity index (χ1) is 12.0. The van der Waals surface area contributed by atoms with E-state index in [0.29, 0.717) is 22.3 Å². The first kappa shape index (κ1) is 17.0. The van der Waals surface area contributed by atoms with E-state index in [9.17, 15) is 18.7 Å². The number of alkyl halides is 2. The Balaban J connectivity index is 1.87. The molecule has 1 atom stereocenters. The van der Waals surface area contributed by atoms with Gasteiger partial charge in [0.1, 0.15) is 11.6 Å². The minimum atomic E-state index is -2.90. The molecule has 7 heteroatoms. The number of fused-ring (bicyclic) bond motifs is 1. The molecule has 3 rings (SSSR count). The lowest BCUT2D eigenvalue weighted by Crippen LogP contribution is -2.26. The van der Waals surface area contributed by atoms with Crippen LogP contribution >= 0.6 is 0 Å². The molecule has 0 aliphatic carbocycles. The molecule has 0 unspecified atom stereocenters. The number of aryl methyl sites for hydroxylation is 1. The van der Waals surface area contributed by atoms with Gasteiger partial charge in [0.2, 0.25) is 0 Å². The normalized spacial score (nSPS) is 12.5. The zero-order chi connectivity index (χ0) is 18.0. The number of aliphatic hydroxyl groups is 1. The van der Waals surface area contributed by atoms with Crippen molar-refractivity contribution in [1.82, 2.24) is 9.55 Å². The van der Waals surface area contributed by atoms with E-state index >= 15 is 0 Å². The topological polar surface area (TPSA) is 64.4 Å². The number of ether oxygens (including phenoxy) is 1. The van der Waals surface area contributed by atoms with Crippen molar-refractivity contribution in [3.63, 3.8) is 0 Å². The van der Waals surface area contributed by atoms with E-state index in [0.717, 1.165) is 0 Å². The van der Waals surface area contributed by atoms with Gasteiger partial charge in [-0.2, -0.15) is 8.78 Å². The Hall–Kier alpha value is -2.80. The lowest BCUT2D eigenvalue weighted by atomic mass is 10.1. The van der Waals surface area contributed by atoms with Crippen LogP contribution in [0.4, 0.5) is 8.78 Å². The maximum absolute atomic E-state index is 12.6. The van der Waals surface area contributed by atoms with Gasteiger partial charge >= 0.3 is 6.61 Å². The fraction of sp³-hybridized carbons (Fsp3) is 0.222. The van der Waals surface area contributed by atoms with Crippen LogP contribution in [0.5, 0.6) is 5.75 Å². The minimum Gasteiger partial charge on any atom is -0.435 e. The smallest absolute Gasteiger partial charge is 0.387 e. The average Bonchev–Trinajstić information content (AvgIpc) is 2.58. The molecule has 0 bridgehead atoms. The highest BCUT2D eigenvalue weighted by Crippen LogP contribution is 2.21. The second-order valence-electron chi connectivity index (χ2n) is 5.56. The number of nitrogens with zero attached hydrogens (tertiary/aromatic N) is 2. The fourth-order valence-electron chi connectivity index (χ4n) is 2.64. The molecule has 130 valence electrons. The highest BCUT2D eigenvalue weighted by Gasteiger charge is 2.14. The van der Waals surface area contributed by atoms with Gasteiger partial charge in [-0.3, -0.25) is 9.36 Å². The molecule has 0 fully saturated rings. The van der Waals surface area contributed by atoms with Gasteiger partial charge in [-0.15, -0.1) is 0 Å². The number of para-hydroxylation sites is 1. The summed E-state index contributed by atoms with van der Waals surface area (Å²) in [7, 11) is 0. The maximum atomic E-state index is 12.6. The van der Waals surface area contributed by atoms with Gasteiger partial charge < -0.3 is 9.84 Å². The molecule has 0 aliphatic rings. The van der Waals surface area contributed by atoms with Crippen molar-refractivity contribution in [3.05, 3.63) is 70.3 Å². The van der Waals surface area contributed by atoms with Crippen molar-refractivity contribution in [1.29, 1.82) is 0 Å². The second kappa shape index (κ2) is 6.98. The van der Waals surface area contributed by atoms with Crippen LogP contribution in [-0.4, -0.2) is 21.3 Å². The van der Waals surface area contributed by atoms with E-state index in [1.807, 2.05) is 0 Å². The van der Waals surface area contributed by atoms with E-state index < -0.39 is 12.7 Å². The standard InChI is InChI=1S/C18H16F2N2O3/c1-11-21-15-5-3-2-4-14(15)17(24)22(11)10-16(23)12-6-8-13(9-7-12)25-18(19)20/h2-9,16,18,23H,10H2,1H3/t16-/m1/s1. The summed E-state index contributed by atoms with van der Waals surface area (Å²) >= 11 is 0. The highest BCUT2D eigenvalue weighted by molar-refractivity contribution is 5.77. The summed E-state index contributed by atoms with van der Waals surface area (Å²) in [6.45, 7) is -1.20. The van der Waals surface area contributed by atoms with Crippen molar-refractivity contribution in [3.8, 4) is 5.75 Å². The van der Waals surface area contributed by atoms with Crippen molar-refractivity contribution < 1.29 is 18.6 Å². The summed E-state index contributed by atoms with van der Waals surface area (Å²) in [4.78, 5) is 17.0. The van der Waals surface area contributed by atoms with Gasteiger partial charge in [0.15, 0.2) is 0 Å². The molecule has 1 heterocycles. The van der Waals surface area contributed by atoms with Crippen LogP contribution in [0.1, 0.15) is 17.5 Å². The molecular formula is C18H16F2N2O3. The summed E-state index contributed by atoms with van der Waals surface area (Å²) in [5, 5.41) is 10.9. The van der Waals surface area contributed by atoms with E-state index in [1.54, 1.807) is 31.2 Å². The largest absolute Gasteiger partial charge is 0.435 e. The van der Waals surface area contributed by atoms with Crippen LogP contribution in [0.25, 0.3) is 10.9 Å². The van der Waals surface area contributed by atoms with Gasteiger partial charge in [0.05, 0.1) is 23.6 Å². The Bertz CT molecular complexity index is 939. The lowest BCUT2D eigenvalue weighted by molar-refractivity contribution is -0.0498. The molecule has 3 aromatic rings. The number of rotatable bonds is 5. The first-order valence-electron chi connectivity index (χ1n) is 7.64. The zero-order valence-corrected chi connectivity index (χ0v) is 13.4. The van der Waals surface area contributed by atoms with E-state index in [-0.39, 0.29) is 17.9 Å². The SMILES string of the molecule is Cc1nc2ccccc2c(=O)n1C[C@@H](O)c1ccc(OC(F)F)cc1. The summed E-state index contributed by atoms with van der Waals surface area (Å²) in [5.74, 6) is 0.493. The van der Waals surface area contributed by atoms with Gasteiger partial charge in [-0.1, -0.05) is 24.3 Å². The third-order valence-electron chi connectivity index (χ3n) is 3.90.